The second-order valence-electron chi connectivity index (χ2n) is 5.43. The fourth-order valence-electron chi connectivity index (χ4n) is 2.81. The number of hydrogen-bond donors (Lipinski definition) is 1. The lowest BCUT2D eigenvalue weighted by molar-refractivity contribution is 0.144. The SMILES string of the molecule is COCCN1C[C@H](N)CC[C@@H](c2cccc(F)c2F)C1. The minimum atomic E-state index is -0.778. The number of ether oxygens (including phenoxy) is 1. The number of halogens is 2. The van der Waals surface area contributed by atoms with Gasteiger partial charge in [-0.05, 0) is 30.4 Å². The zero-order valence-electron chi connectivity index (χ0n) is 11.8. The maximum Gasteiger partial charge on any atom is 0.162 e. The molecule has 1 fully saturated rings. The van der Waals surface area contributed by atoms with E-state index in [1.807, 2.05) is 0 Å². The summed E-state index contributed by atoms with van der Waals surface area (Å²) in [4.78, 5) is 2.18. The fraction of sp³-hybridized carbons (Fsp3) is 0.600. The Morgan fingerprint density at radius 3 is 2.85 bits per heavy atom. The van der Waals surface area contributed by atoms with Crippen LogP contribution in [-0.2, 0) is 4.74 Å². The van der Waals surface area contributed by atoms with E-state index >= 15 is 0 Å². The summed E-state index contributed by atoms with van der Waals surface area (Å²) in [6.45, 7) is 2.84. The summed E-state index contributed by atoms with van der Waals surface area (Å²) in [5.74, 6) is -1.52. The van der Waals surface area contributed by atoms with E-state index < -0.39 is 11.6 Å². The number of nitrogens with two attached hydrogens (primary N) is 1. The number of likely N-dealkylation sites (tertiary alicyclic amines) is 1. The van der Waals surface area contributed by atoms with Crippen LogP contribution in [0.5, 0.6) is 0 Å². The topological polar surface area (TPSA) is 38.5 Å². The molecule has 0 aromatic heterocycles. The summed E-state index contributed by atoms with van der Waals surface area (Å²) in [6.07, 6.45) is 1.61. The van der Waals surface area contributed by atoms with Gasteiger partial charge in [-0.1, -0.05) is 12.1 Å². The highest BCUT2D eigenvalue weighted by Crippen LogP contribution is 2.29. The maximum atomic E-state index is 13.9. The molecular formula is C15H22F2N2O. The van der Waals surface area contributed by atoms with Crippen molar-refractivity contribution in [3.8, 4) is 0 Å². The van der Waals surface area contributed by atoms with E-state index in [0.717, 1.165) is 32.0 Å². The molecule has 1 aliphatic rings. The molecule has 0 amide bonds. The summed E-state index contributed by atoms with van der Waals surface area (Å²) < 4.78 is 32.4. The number of rotatable bonds is 4. The highest BCUT2D eigenvalue weighted by molar-refractivity contribution is 5.23. The Hall–Kier alpha value is -1.04. The Labute approximate surface area is 118 Å². The molecule has 20 heavy (non-hydrogen) atoms. The smallest absolute Gasteiger partial charge is 0.162 e. The lowest BCUT2D eigenvalue weighted by Crippen LogP contribution is -2.38. The second kappa shape index (κ2) is 7.11. The Balaban J connectivity index is 2.15. The normalized spacial score (nSPS) is 24.6. The lowest BCUT2D eigenvalue weighted by atomic mass is 9.93. The molecule has 1 saturated heterocycles. The van der Waals surface area contributed by atoms with Gasteiger partial charge in [-0.25, -0.2) is 8.78 Å². The van der Waals surface area contributed by atoms with Gasteiger partial charge in [-0.15, -0.1) is 0 Å². The van der Waals surface area contributed by atoms with E-state index in [2.05, 4.69) is 4.90 Å². The quantitative estimate of drug-likeness (QED) is 0.920. The molecule has 2 atom stereocenters. The van der Waals surface area contributed by atoms with Gasteiger partial charge in [0.2, 0.25) is 0 Å². The lowest BCUT2D eigenvalue weighted by Gasteiger charge is -2.25. The van der Waals surface area contributed by atoms with E-state index in [-0.39, 0.29) is 12.0 Å². The van der Waals surface area contributed by atoms with E-state index in [1.54, 1.807) is 19.2 Å². The van der Waals surface area contributed by atoms with Gasteiger partial charge in [0.25, 0.3) is 0 Å². The molecule has 112 valence electrons. The Morgan fingerprint density at radius 2 is 2.10 bits per heavy atom. The van der Waals surface area contributed by atoms with Crippen molar-refractivity contribution in [1.29, 1.82) is 0 Å². The summed E-state index contributed by atoms with van der Waals surface area (Å²) in [5.41, 5.74) is 6.51. The molecule has 2 rings (SSSR count). The van der Waals surface area contributed by atoms with Crippen LogP contribution in [0.15, 0.2) is 18.2 Å². The van der Waals surface area contributed by atoms with Crippen molar-refractivity contribution in [3.63, 3.8) is 0 Å². The largest absolute Gasteiger partial charge is 0.383 e. The van der Waals surface area contributed by atoms with Gasteiger partial charge in [0.05, 0.1) is 6.61 Å². The third kappa shape index (κ3) is 3.75. The number of hydrogen-bond acceptors (Lipinski definition) is 3. The van der Waals surface area contributed by atoms with Crippen LogP contribution in [0.25, 0.3) is 0 Å². The second-order valence-corrected chi connectivity index (χ2v) is 5.43. The molecule has 2 N–H and O–H groups in total. The van der Waals surface area contributed by atoms with Gasteiger partial charge < -0.3 is 10.5 Å². The van der Waals surface area contributed by atoms with Gasteiger partial charge in [-0.2, -0.15) is 0 Å². The van der Waals surface area contributed by atoms with Crippen molar-refractivity contribution in [2.75, 3.05) is 33.4 Å². The van der Waals surface area contributed by atoms with Crippen molar-refractivity contribution >= 4 is 0 Å². The standard InChI is InChI=1S/C15H22F2N2O/c1-20-8-7-19-9-11(5-6-12(18)10-19)13-3-2-4-14(16)15(13)17/h2-4,11-12H,5-10,18H2,1H3/t11-,12-/m1/s1. The minimum absolute atomic E-state index is 0.0175. The van der Waals surface area contributed by atoms with Crippen LogP contribution in [0.4, 0.5) is 8.78 Å². The molecule has 5 heteroatoms. The molecule has 0 spiro atoms. The van der Waals surface area contributed by atoms with Crippen LogP contribution in [0, 0.1) is 11.6 Å². The number of nitrogens with zero attached hydrogens (tertiary/aromatic N) is 1. The maximum absolute atomic E-state index is 13.9. The van der Waals surface area contributed by atoms with Gasteiger partial charge in [0.1, 0.15) is 0 Å². The van der Waals surface area contributed by atoms with Crippen LogP contribution in [0.3, 0.4) is 0 Å². The monoisotopic (exact) mass is 284 g/mol. The molecule has 0 unspecified atom stereocenters. The third-order valence-corrected chi connectivity index (χ3v) is 3.89. The fourth-order valence-corrected chi connectivity index (χ4v) is 2.81. The summed E-state index contributed by atoms with van der Waals surface area (Å²) in [7, 11) is 1.65. The average Bonchev–Trinajstić information content (AvgIpc) is 2.61. The van der Waals surface area contributed by atoms with Gasteiger partial charge in [-0.3, -0.25) is 4.90 Å². The Bertz CT molecular complexity index is 442. The first-order valence-corrected chi connectivity index (χ1v) is 7.02. The zero-order chi connectivity index (χ0) is 14.5. The number of benzene rings is 1. The van der Waals surface area contributed by atoms with Crippen LogP contribution in [0.1, 0.15) is 24.3 Å². The van der Waals surface area contributed by atoms with Gasteiger partial charge in [0.15, 0.2) is 11.6 Å². The predicted octanol–water partition coefficient (Wildman–Crippen LogP) is 2.12. The highest BCUT2D eigenvalue weighted by atomic mass is 19.2. The number of methoxy groups -OCH3 is 1. The third-order valence-electron chi connectivity index (χ3n) is 3.89. The van der Waals surface area contributed by atoms with Crippen molar-refractivity contribution in [1.82, 2.24) is 4.90 Å². The average molecular weight is 284 g/mol. The van der Waals surface area contributed by atoms with E-state index in [9.17, 15) is 8.78 Å². The van der Waals surface area contributed by atoms with Gasteiger partial charge in [0, 0.05) is 32.8 Å². The van der Waals surface area contributed by atoms with Crippen LogP contribution < -0.4 is 5.73 Å². The van der Waals surface area contributed by atoms with Crippen LogP contribution >= 0.6 is 0 Å². The molecule has 0 aliphatic carbocycles. The first-order chi connectivity index (χ1) is 9.61. The van der Waals surface area contributed by atoms with Crippen LogP contribution in [0.2, 0.25) is 0 Å². The summed E-state index contributed by atoms with van der Waals surface area (Å²) >= 11 is 0. The molecule has 0 saturated carbocycles. The van der Waals surface area contributed by atoms with Crippen molar-refractivity contribution in [2.24, 2.45) is 5.73 Å². The van der Waals surface area contributed by atoms with E-state index in [4.69, 9.17) is 10.5 Å². The predicted molar refractivity (Wildman–Crippen MR) is 74.6 cm³/mol. The summed E-state index contributed by atoms with van der Waals surface area (Å²) in [6, 6.07) is 4.48. The van der Waals surface area contributed by atoms with Gasteiger partial charge >= 0.3 is 0 Å². The zero-order valence-corrected chi connectivity index (χ0v) is 11.8. The first kappa shape index (κ1) is 15.4. The Morgan fingerprint density at radius 1 is 1.30 bits per heavy atom. The van der Waals surface area contributed by atoms with E-state index in [1.165, 1.54) is 0 Å². The molecule has 0 bridgehead atoms. The highest BCUT2D eigenvalue weighted by Gasteiger charge is 2.25. The molecule has 0 radical (unpaired) electrons. The Kier molecular flexibility index (Phi) is 5.46. The molecule has 3 nitrogen and oxygen atoms in total. The van der Waals surface area contributed by atoms with Crippen molar-refractivity contribution in [2.45, 2.75) is 24.8 Å². The van der Waals surface area contributed by atoms with E-state index in [0.29, 0.717) is 18.7 Å². The first-order valence-electron chi connectivity index (χ1n) is 7.02. The molecule has 1 heterocycles. The minimum Gasteiger partial charge on any atom is -0.383 e. The van der Waals surface area contributed by atoms with Crippen molar-refractivity contribution < 1.29 is 13.5 Å². The molecular weight excluding hydrogens is 262 g/mol. The molecule has 1 aliphatic heterocycles. The van der Waals surface area contributed by atoms with Crippen molar-refractivity contribution in [3.05, 3.63) is 35.4 Å². The molecule has 1 aromatic carbocycles. The molecule has 1 aromatic rings. The summed E-state index contributed by atoms with van der Waals surface area (Å²) in [5, 5.41) is 0. The van der Waals surface area contributed by atoms with Crippen LogP contribution in [-0.4, -0.2) is 44.3 Å².